The van der Waals surface area contributed by atoms with Crippen molar-refractivity contribution in [1.29, 1.82) is 0 Å². The number of hydrogen-bond donors (Lipinski definition) is 1. The molecule has 5 heteroatoms. The number of primary amides is 1. The van der Waals surface area contributed by atoms with Crippen molar-refractivity contribution in [3.63, 3.8) is 0 Å². The van der Waals surface area contributed by atoms with Gasteiger partial charge in [-0.05, 0) is 18.2 Å². The molecule has 2 N–H and O–H groups in total. The third-order valence-electron chi connectivity index (χ3n) is 2.74. The van der Waals surface area contributed by atoms with Crippen molar-refractivity contribution in [1.82, 2.24) is 15.0 Å². The topological polar surface area (TPSA) is 81.8 Å². The molecule has 0 unspecified atom stereocenters. The van der Waals surface area contributed by atoms with Crippen LogP contribution in [0.2, 0.25) is 0 Å². The van der Waals surface area contributed by atoms with E-state index in [-0.39, 0.29) is 5.69 Å². The van der Waals surface area contributed by atoms with Crippen molar-refractivity contribution < 1.29 is 4.79 Å². The van der Waals surface area contributed by atoms with E-state index in [0.717, 1.165) is 10.9 Å². The average Bonchev–Trinajstić information content (AvgIpc) is 2.47. The van der Waals surface area contributed by atoms with Crippen molar-refractivity contribution in [2.75, 3.05) is 0 Å². The monoisotopic (exact) mass is 250 g/mol. The molecule has 0 radical (unpaired) electrons. The Bertz CT molecular complexity index is 770. The number of nitrogens with two attached hydrogens (primary N) is 1. The number of fused-ring (bicyclic) bond motifs is 1. The van der Waals surface area contributed by atoms with Crippen LogP contribution in [-0.2, 0) is 0 Å². The third-order valence-corrected chi connectivity index (χ3v) is 2.74. The molecule has 19 heavy (non-hydrogen) atoms. The SMILES string of the molecule is NC(=O)c1ccnc(-c2ccc3ccccc3n2)n1. The van der Waals surface area contributed by atoms with Crippen LogP contribution in [0.15, 0.2) is 48.7 Å². The fourth-order valence-electron chi connectivity index (χ4n) is 1.81. The van der Waals surface area contributed by atoms with E-state index in [1.807, 2.05) is 36.4 Å². The van der Waals surface area contributed by atoms with Crippen LogP contribution < -0.4 is 5.73 Å². The lowest BCUT2D eigenvalue weighted by Gasteiger charge is -2.02. The second kappa shape index (κ2) is 4.45. The first-order chi connectivity index (χ1) is 9.24. The summed E-state index contributed by atoms with van der Waals surface area (Å²) in [4.78, 5) is 23.8. The molecule has 2 heterocycles. The molecule has 0 aliphatic carbocycles. The summed E-state index contributed by atoms with van der Waals surface area (Å²) in [6.07, 6.45) is 1.50. The van der Waals surface area contributed by atoms with Gasteiger partial charge in [0.05, 0.1) is 5.52 Å². The molecule has 92 valence electrons. The van der Waals surface area contributed by atoms with Crippen molar-refractivity contribution in [3.05, 3.63) is 54.4 Å². The lowest BCUT2D eigenvalue weighted by Crippen LogP contribution is -2.13. The largest absolute Gasteiger partial charge is 0.364 e. The number of carbonyl (C=O) groups excluding carboxylic acids is 1. The van der Waals surface area contributed by atoms with Gasteiger partial charge in [-0.15, -0.1) is 0 Å². The summed E-state index contributed by atoms with van der Waals surface area (Å²) in [6.45, 7) is 0. The zero-order valence-electron chi connectivity index (χ0n) is 9.95. The Morgan fingerprint density at radius 2 is 1.84 bits per heavy atom. The average molecular weight is 250 g/mol. The fraction of sp³-hybridized carbons (Fsp3) is 0. The van der Waals surface area contributed by atoms with Crippen LogP contribution in [-0.4, -0.2) is 20.9 Å². The number of aromatic nitrogens is 3. The smallest absolute Gasteiger partial charge is 0.267 e. The second-order valence-corrected chi connectivity index (χ2v) is 4.02. The van der Waals surface area contributed by atoms with Gasteiger partial charge in [0, 0.05) is 11.6 Å². The molecule has 2 aromatic heterocycles. The molecular formula is C14H10N4O. The zero-order chi connectivity index (χ0) is 13.2. The quantitative estimate of drug-likeness (QED) is 0.751. The van der Waals surface area contributed by atoms with E-state index in [1.54, 1.807) is 0 Å². The first-order valence-electron chi connectivity index (χ1n) is 5.73. The molecule has 3 aromatic rings. The molecular weight excluding hydrogens is 240 g/mol. The van der Waals surface area contributed by atoms with Crippen molar-refractivity contribution in [2.24, 2.45) is 5.73 Å². The van der Waals surface area contributed by atoms with Crippen LogP contribution in [0.4, 0.5) is 0 Å². The van der Waals surface area contributed by atoms with Gasteiger partial charge in [0.25, 0.3) is 5.91 Å². The lowest BCUT2D eigenvalue weighted by molar-refractivity contribution is 0.0995. The van der Waals surface area contributed by atoms with Gasteiger partial charge in [-0.25, -0.2) is 15.0 Å². The fourth-order valence-corrected chi connectivity index (χ4v) is 1.81. The molecule has 0 saturated carbocycles. The van der Waals surface area contributed by atoms with E-state index in [2.05, 4.69) is 15.0 Å². The van der Waals surface area contributed by atoms with Gasteiger partial charge in [-0.2, -0.15) is 0 Å². The summed E-state index contributed by atoms with van der Waals surface area (Å²) in [5.41, 5.74) is 6.85. The van der Waals surface area contributed by atoms with Crippen LogP contribution in [0.1, 0.15) is 10.5 Å². The van der Waals surface area contributed by atoms with Crippen molar-refractivity contribution >= 4 is 16.8 Å². The minimum Gasteiger partial charge on any atom is -0.364 e. The summed E-state index contributed by atoms with van der Waals surface area (Å²) in [5, 5.41) is 1.04. The van der Waals surface area contributed by atoms with E-state index >= 15 is 0 Å². The van der Waals surface area contributed by atoms with E-state index < -0.39 is 5.91 Å². The summed E-state index contributed by atoms with van der Waals surface area (Å²) in [6, 6.07) is 13.0. The molecule has 0 atom stereocenters. The van der Waals surface area contributed by atoms with Gasteiger partial charge in [-0.3, -0.25) is 4.79 Å². The van der Waals surface area contributed by atoms with Gasteiger partial charge < -0.3 is 5.73 Å². The Labute approximate surface area is 109 Å². The van der Waals surface area contributed by atoms with Crippen molar-refractivity contribution in [2.45, 2.75) is 0 Å². The maximum Gasteiger partial charge on any atom is 0.267 e. The number of nitrogens with zero attached hydrogens (tertiary/aromatic N) is 3. The van der Waals surface area contributed by atoms with E-state index in [9.17, 15) is 4.79 Å². The molecule has 5 nitrogen and oxygen atoms in total. The summed E-state index contributed by atoms with van der Waals surface area (Å²) >= 11 is 0. The van der Waals surface area contributed by atoms with Crippen LogP contribution >= 0.6 is 0 Å². The van der Waals surface area contributed by atoms with Crippen LogP contribution in [0.5, 0.6) is 0 Å². The minimum absolute atomic E-state index is 0.181. The maximum absolute atomic E-state index is 11.1. The zero-order valence-corrected chi connectivity index (χ0v) is 9.95. The third kappa shape index (κ3) is 2.13. The summed E-state index contributed by atoms with van der Waals surface area (Å²) in [5.74, 6) is -0.188. The number of rotatable bonds is 2. The highest BCUT2D eigenvalue weighted by molar-refractivity contribution is 5.91. The first-order valence-corrected chi connectivity index (χ1v) is 5.73. The number of amides is 1. The predicted molar refractivity (Wildman–Crippen MR) is 71.3 cm³/mol. The Kier molecular flexibility index (Phi) is 2.64. The van der Waals surface area contributed by atoms with Gasteiger partial charge in [0.15, 0.2) is 5.82 Å². The van der Waals surface area contributed by atoms with Gasteiger partial charge in [0.1, 0.15) is 11.4 Å². The normalized spacial score (nSPS) is 10.5. The Morgan fingerprint density at radius 3 is 2.68 bits per heavy atom. The molecule has 0 aliphatic heterocycles. The molecule has 0 fully saturated rings. The lowest BCUT2D eigenvalue weighted by atomic mass is 10.2. The molecule has 0 bridgehead atoms. The molecule has 3 rings (SSSR count). The Morgan fingerprint density at radius 1 is 1.00 bits per heavy atom. The number of para-hydroxylation sites is 1. The van der Waals surface area contributed by atoms with Crippen LogP contribution in [0.25, 0.3) is 22.4 Å². The highest BCUT2D eigenvalue weighted by Crippen LogP contribution is 2.17. The van der Waals surface area contributed by atoms with Crippen LogP contribution in [0.3, 0.4) is 0 Å². The maximum atomic E-state index is 11.1. The number of hydrogen-bond acceptors (Lipinski definition) is 4. The molecule has 1 amide bonds. The minimum atomic E-state index is -0.579. The van der Waals surface area contributed by atoms with Gasteiger partial charge in [0.2, 0.25) is 0 Å². The predicted octanol–water partition coefficient (Wildman–Crippen LogP) is 1.79. The first kappa shape index (κ1) is 11.3. The van der Waals surface area contributed by atoms with Crippen LogP contribution in [0, 0.1) is 0 Å². The van der Waals surface area contributed by atoms with E-state index in [0.29, 0.717) is 11.5 Å². The molecule has 0 saturated heterocycles. The molecule has 1 aromatic carbocycles. The molecule has 0 aliphatic rings. The number of carbonyl (C=O) groups is 1. The summed E-state index contributed by atoms with van der Waals surface area (Å²) < 4.78 is 0. The Hall–Kier alpha value is -2.82. The van der Waals surface area contributed by atoms with Gasteiger partial charge >= 0.3 is 0 Å². The van der Waals surface area contributed by atoms with E-state index in [4.69, 9.17) is 5.73 Å². The number of pyridine rings is 1. The van der Waals surface area contributed by atoms with Gasteiger partial charge in [-0.1, -0.05) is 24.3 Å². The number of benzene rings is 1. The summed E-state index contributed by atoms with van der Waals surface area (Å²) in [7, 11) is 0. The Balaban J connectivity index is 2.13. The molecule has 0 spiro atoms. The highest BCUT2D eigenvalue weighted by Gasteiger charge is 2.08. The van der Waals surface area contributed by atoms with E-state index in [1.165, 1.54) is 12.3 Å². The van der Waals surface area contributed by atoms with Crippen molar-refractivity contribution in [3.8, 4) is 11.5 Å². The second-order valence-electron chi connectivity index (χ2n) is 4.02. The standard InChI is InChI=1S/C14H10N4O/c15-13(19)11-7-8-16-14(18-11)12-6-5-9-3-1-2-4-10(9)17-12/h1-8H,(H2,15,19). The highest BCUT2D eigenvalue weighted by atomic mass is 16.1.